The van der Waals surface area contributed by atoms with Crippen LogP contribution < -0.4 is 5.32 Å². The maximum Gasteiger partial charge on any atom is 0.412 e. The molecule has 132 valence electrons. The van der Waals surface area contributed by atoms with Crippen molar-refractivity contribution >= 4 is 11.9 Å². The number of aryl methyl sites for hydroxylation is 1. The second-order valence-corrected chi connectivity index (χ2v) is 6.25. The van der Waals surface area contributed by atoms with Crippen molar-refractivity contribution in [1.29, 1.82) is 0 Å². The van der Waals surface area contributed by atoms with Gasteiger partial charge in [-0.15, -0.1) is 0 Å². The molecule has 0 bridgehead atoms. The van der Waals surface area contributed by atoms with Crippen molar-refractivity contribution in [2.75, 3.05) is 11.9 Å². The summed E-state index contributed by atoms with van der Waals surface area (Å²) < 4.78 is 6.98. The summed E-state index contributed by atoms with van der Waals surface area (Å²) in [6.45, 7) is 0.107. The van der Waals surface area contributed by atoms with Crippen molar-refractivity contribution in [3.8, 4) is 11.1 Å². The molecule has 3 aromatic rings. The Balaban J connectivity index is 1.48. The summed E-state index contributed by atoms with van der Waals surface area (Å²) in [5, 5.41) is 15.9. The monoisotopic (exact) mass is 349 g/mol. The van der Waals surface area contributed by atoms with E-state index in [-0.39, 0.29) is 19.1 Å². The molecule has 0 fully saturated rings. The molecule has 1 aliphatic rings. The highest BCUT2D eigenvalue weighted by Crippen LogP contribution is 2.44. The van der Waals surface area contributed by atoms with E-state index >= 15 is 0 Å². The summed E-state index contributed by atoms with van der Waals surface area (Å²) in [6, 6.07) is 18.0. The summed E-state index contributed by atoms with van der Waals surface area (Å²) in [7, 11) is 1.70. The number of aromatic nitrogens is 2. The highest BCUT2D eigenvalue weighted by Gasteiger charge is 2.29. The highest BCUT2D eigenvalue weighted by molar-refractivity contribution is 5.84. The number of amides is 1. The molecule has 2 N–H and O–H groups in total. The van der Waals surface area contributed by atoms with Crippen LogP contribution in [0, 0.1) is 0 Å². The fraction of sp³-hybridized carbons (Fsp3) is 0.200. The number of nitrogens with zero attached hydrogens (tertiary/aromatic N) is 2. The number of ether oxygens (including phenoxy) is 1. The van der Waals surface area contributed by atoms with E-state index in [1.54, 1.807) is 13.1 Å². The van der Waals surface area contributed by atoms with Gasteiger partial charge in [0.2, 0.25) is 0 Å². The molecule has 0 saturated heterocycles. The van der Waals surface area contributed by atoms with Crippen molar-refractivity contribution in [3.05, 3.63) is 71.4 Å². The number of aliphatic hydroxyl groups excluding tert-OH is 1. The summed E-state index contributed by atoms with van der Waals surface area (Å²) in [4.78, 5) is 12.2. The minimum absolute atomic E-state index is 0.0184. The number of fused-ring (bicyclic) bond motifs is 3. The number of carbonyl (C=O) groups is 1. The maximum atomic E-state index is 12.2. The Labute approximate surface area is 151 Å². The third kappa shape index (κ3) is 2.84. The molecule has 6 nitrogen and oxygen atoms in total. The van der Waals surface area contributed by atoms with Crippen LogP contribution in [0.3, 0.4) is 0 Å². The standard InChI is InChI=1S/C20H19N3O3/c1-23-13(11-24)10-19(22-23)21-20(25)26-12-18-16-8-4-2-6-14(16)15-7-3-5-9-17(15)18/h2-10,18,24H,11-12H2,1H3,(H,21,22,25). The summed E-state index contributed by atoms with van der Waals surface area (Å²) in [6.07, 6.45) is -0.561. The van der Waals surface area contributed by atoms with Crippen LogP contribution in [0.1, 0.15) is 22.7 Å². The lowest BCUT2D eigenvalue weighted by molar-refractivity contribution is 0.158. The number of aliphatic hydroxyl groups is 1. The van der Waals surface area contributed by atoms with Crippen molar-refractivity contribution in [2.24, 2.45) is 7.05 Å². The normalized spacial score (nSPS) is 12.5. The van der Waals surface area contributed by atoms with E-state index in [9.17, 15) is 9.90 Å². The van der Waals surface area contributed by atoms with E-state index in [1.807, 2.05) is 24.3 Å². The molecular formula is C20H19N3O3. The number of benzene rings is 2. The van der Waals surface area contributed by atoms with E-state index in [1.165, 1.54) is 26.9 Å². The zero-order valence-electron chi connectivity index (χ0n) is 14.3. The molecule has 0 spiro atoms. The molecule has 2 aromatic carbocycles. The van der Waals surface area contributed by atoms with Crippen LogP contribution in [-0.4, -0.2) is 27.6 Å². The van der Waals surface area contributed by atoms with Gasteiger partial charge in [-0.3, -0.25) is 10.00 Å². The van der Waals surface area contributed by atoms with Gasteiger partial charge in [0.05, 0.1) is 12.3 Å². The Bertz CT molecular complexity index is 919. The first-order valence-electron chi connectivity index (χ1n) is 8.43. The Hall–Kier alpha value is -3.12. The molecule has 26 heavy (non-hydrogen) atoms. The topological polar surface area (TPSA) is 76.4 Å². The van der Waals surface area contributed by atoms with Gasteiger partial charge in [0, 0.05) is 19.0 Å². The predicted octanol–water partition coefficient (Wildman–Crippen LogP) is 3.27. The minimum atomic E-state index is -0.561. The van der Waals surface area contributed by atoms with Gasteiger partial charge in [-0.1, -0.05) is 48.5 Å². The average Bonchev–Trinajstić information content (AvgIpc) is 3.17. The lowest BCUT2D eigenvalue weighted by atomic mass is 9.98. The maximum absolute atomic E-state index is 12.2. The molecule has 1 amide bonds. The summed E-state index contributed by atoms with van der Waals surface area (Å²) >= 11 is 0. The molecule has 0 atom stereocenters. The number of carbonyl (C=O) groups excluding carboxylic acids is 1. The number of hydrogen-bond donors (Lipinski definition) is 2. The van der Waals surface area contributed by atoms with E-state index in [2.05, 4.69) is 34.7 Å². The summed E-state index contributed by atoms with van der Waals surface area (Å²) in [5.41, 5.74) is 5.33. The largest absolute Gasteiger partial charge is 0.448 e. The number of nitrogens with one attached hydrogen (secondary N) is 1. The molecule has 0 unspecified atom stereocenters. The van der Waals surface area contributed by atoms with Gasteiger partial charge in [-0.05, 0) is 22.3 Å². The minimum Gasteiger partial charge on any atom is -0.448 e. The molecule has 0 aliphatic heterocycles. The second kappa shape index (κ2) is 6.65. The lowest BCUT2D eigenvalue weighted by Gasteiger charge is -2.14. The van der Waals surface area contributed by atoms with E-state index < -0.39 is 6.09 Å². The molecule has 1 aliphatic carbocycles. The average molecular weight is 349 g/mol. The van der Waals surface area contributed by atoms with Crippen molar-refractivity contribution in [1.82, 2.24) is 9.78 Å². The Kier molecular flexibility index (Phi) is 4.18. The van der Waals surface area contributed by atoms with E-state index in [4.69, 9.17) is 4.74 Å². The van der Waals surface area contributed by atoms with Gasteiger partial charge in [0.15, 0.2) is 5.82 Å². The zero-order chi connectivity index (χ0) is 18.1. The molecule has 1 heterocycles. The third-order valence-electron chi connectivity index (χ3n) is 4.71. The third-order valence-corrected chi connectivity index (χ3v) is 4.71. The van der Waals surface area contributed by atoms with Crippen molar-refractivity contribution in [2.45, 2.75) is 12.5 Å². The van der Waals surface area contributed by atoms with Crippen LogP contribution in [0.15, 0.2) is 54.6 Å². The summed E-state index contributed by atoms with van der Waals surface area (Å²) in [5.74, 6) is 0.374. The van der Waals surface area contributed by atoms with Crippen LogP contribution in [0.2, 0.25) is 0 Å². The van der Waals surface area contributed by atoms with Gasteiger partial charge in [0.25, 0.3) is 0 Å². The molecule has 6 heteroatoms. The van der Waals surface area contributed by atoms with Crippen LogP contribution in [-0.2, 0) is 18.4 Å². The quantitative estimate of drug-likeness (QED) is 0.758. The molecular weight excluding hydrogens is 330 g/mol. The fourth-order valence-electron chi connectivity index (χ4n) is 3.45. The first kappa shape index (κ1) is 16.4. The van der Waals surface area contributed by atoms with Gasteiger partial charge in [-0.25, -0.2) is 4.79 Å². The van der Waals surface area contributed by atoms with Gasteiger partial charge in [0.1, 0.15) is 6.61 Å². The van der Waals surface area contributed by atoms with Gasteiger partial charge >= 0.3 is 6.09 Å². The van der Waals surface area contributed by atoms with Crippen LogP contribution in [0.5, 0.6) is 0 Å². The number of rotatable bonds is 4. The predicted molar refractivity (Wildman–Crippen MR) is 97.8 cm³/mol. The zero-order valence-corrected chi connectivity index (χ0v) is 14.3. The molecule has 1 aromatic heterocycles. The first-order chi connectivity index (χ1) is 12.7. The van der Waals surface area contributed by atoms with Gasteiger partial charge in [-0.2, -0.15) is 5.10 Å². The molecule has 4 rings (SSSR count). The number of anilines is 1. The Morgan fingerprint density at radius 1 is 1.15 bits per heavy atom. The van der Waals surface area contributed by atoms with Crippen LogP contribution in [0.25, 0.3) is 11.1 Å². The highest BCUT2D eigenvalue weighted by atomic mass is 16.5. The SMILES string of the molecule is Cn1nc(NC(=O)OCC2c3ccccc3-c3ccccc32)cc1CO. The molecule has 0 radical (unpaired) electrons. The Morgan fingerprint density at radius 2 is 1.77 bits per heavy atom. The van der Waals surface area contributed by atoms with Crippen molar-refractivity contribution in [3.63, 3.8) is 0 Å². The van der Waals surface area contributed by atoms with Crippen molar-refractivity contribution < 1.29 is 14.6 Å². The van der Waals surface area contributed by atoms with Gasteiger partial charge < -0.3 is 9.84 Å². The number of hydrogen-bond acceptors (Lipinski definition) is 4. The smallest absolute Gasteiger partial charge is 0.412 e. The second-order valence-electron chi connectivity index (χ2n) is 6.25. The van der Waals surface area contributed by atoms with Crippen LogP contribution >= 0.6 is 0 Å². The first-order valence-corrected chi connectivity index (χ1v) is 8.43. The van der Waals surface area contributed by atoms with Crippen LogP contribution in [0.4, 0.5) is 10.6 Å². The molecule has 0 saturated carbocycles. The fourth-order valence-corrected chi connectivity index (χ4v) is 3.45. The van der Waals surface area contributed by atoms with E-state index in [0.29, 0.717) is 11.5 Å². The lowest BCUT2D eigenvalue weighted by Crippen LogP contribution is -2.18. The van der Waals surface area contributed by atoms with E-state index in [0.717, 1.165) is 0 Å². The Morgan fingerprint density at radius 3 is 2.35 bits per heavy atom.